The molecule has 2 nitrogen and oxygen atoms in total. The van der Waals surface area contributed by atoms with E-state index in [2.05, 4.69) is 6.07 Å². The van der Waals surface area contributed by atoms with E-state index in [0.717, 1.165) is 21.8 Å². The van der Waals surface area contributed by atoms with Crippen molar-refractivity contribution in [1.29, 1.82) is 0 Å². The Kier molecular flexibility index (Phi) is 4.18. The zero-order valence-corrected chi connectivity index (χ0v) is 11.3. The van der Waals surface area contributed by atoms with Gasteiger partial charge in [-0.05, 0) is 47.7 Å². The highest BCUT2D eigenvalue weighted by atomic mass is 32.1. The minimum Gasteiger partial charge on any atom is -0.497 e. The van der Waals surface area contributed by atoms with Gasteiger partial charge in [-0.2, -0.15) is 0 Å². The lowest BCUT2D eigenvalue weighted by molar-refractivity contribution is 0.244. The normalized spacial score (nSPS) is 13.4. The summed E-state index contributed by atoms with van der Waals surface area (Å²) in [6.45, 7) is 1.76. The Labute approximate surface area is 111 Å². The topological polar surface area (TPSA) is 29.5 Å². The molecule has 1 N–H and O–H groups in total. The predicted octanol–water partition coefficient (Wildman–Crippen LogP) is 3.57. The van der Waals surface area contributed by atoms with Gasteiger partial charge >= 0.3 is 0 Å². The van der Waals surface area contributed by atoms with Crippen molar-refractivity contribution in [2.45, 2.75) is 13.0 Å². The van der Waals surface area contributed by atoms with Crippen molar-refractivity contribution in [3.63, 3.8) is 0 Å². The second-order valence-electron chi connectivity index (χ2n) is 4.03. The van der Waals surface area contributed by atoms with Crippen molar-refractivity contribution < 1.29 is 9.84 Å². The quantitative estimate of drug-likeness (QED) is 0.910. The zero-order valence-electron chi connectivity index (χ0n) is 10.5. The largest absolute Gasteiger partial charge is 0.497 e. The Balaban J connectivity index is 2.40. The second kappa shape index (κ2) is 5.85. The molecule has 3 heteroatoms. The van der Waals surface area contributed by atoms with Crippen LogP contribution < -0.4 is 4.74 Å². The molecule has 0 saturated heterocycles. The average Bonchev–Trinajstić information content (AvgIpc) is 2.89. The van der Waals surface area contributed by atoms with Crippen LogP contribution in [0.4, 0.5) is 0 Å². The standard InChI is InChI=1S/C15H16O2S/c1-11(16)10-14(15-4-3-9-18-15)12-5-7-13(17-2)8-6-12/h3-11,16H,1-2H3/b14-10+. The third-order valence-corrected chi connectivity index (χ3v) is 3.50. The Morgan fingerprint density at radius 3 is 2.50 bits per heavy atom. The van der Waals surface area contributed by atoms with Crippen molar-refractivity contribution in [3.8, 4) is 5.75 Å². The van der Waals surface area contributed by atoms with Gasteiger partial charge in [-0.1, -0.05) is 18.2 Å². The molecule has 1 heterocycles. The summed E-state index contributed by atoms with van der Waals surface area (Å²) < 4.78 is 5.15. The Bertz CT molecular complexity index is 510. The number of hydrogen-bond donors (Lipinski definition) is 1. The molecular weight excluding hydrogens is 244 g/mol. The molecule has 0 aliphatic rings. The summed E-state index contributed by atoms with van der Waals surface area (Å²) in [6, 6.07) is 11.9. The van der Waals surface area contributed by atoms with Gasteiger partial charge < -0.3 is 9.84 Å². The lowest BCUT2D eigenvalue weighted by atomic mass is 10.0. The molecular formula is C15H16O2S. The molecule has 0 aliphatic heterocycles. The monoisotopic (exact) mass is 260 g/mol. The fourth-order valence-electron chi connectivity index (χ4n) is 1.76. The minimum atomic E-state index is -0.468. The van der Waals surface area contributed by atoms with Gasteiger partial charge in [0, 0.05) is 4.88 Å². The van der Waals surface area contributed by atoms with Crippen molar-refractivity contribution in [2.24, 2.45) is 0 Å². The summed E-state index contributed by atoms with van der Waals surface area (Å²) in [7, 11) is 1.65. The fraction of sp³-hybridized carbons (Fsp3) is 0.200. The van der Waals surface area contributed by atoms with Crippen LogP contribution >= 0.6 is 11.3 Å². The van der Waals surface area contributed by atoms with Crippen molar-refractivity contribution in [3.05, 3.63) is 58.3 Å². The van der Waals surface area contributed by atoms with E-state index in [1.807, 2.05) is 41.8 Å². The van der Waals surface area contributed by atoms with E-state index < -0.39 is 6.10 Å². The summed E-state index contributed by atoms with van der Waals surface area (Å²) in [5.41, 5.74) is 2.14. The third-order valence-electron chi connectivity index (χ3n) is 2.60. The van der Waals surface area contributed by atoms with E-state index in [9.17, 15) is 5.11 Å². The maximum absolute atomic E-state index is 9.59. The molecule has 0 bridgehead atoms. The number of ether oxygens (including phenoxy) is 1. The second-order valence-corrected chi connectivity index (χ2v) is 4.97. The molecule has 1 unspecified atom stereocenters. The van der Waals surface area contributed by atoms with Gasteiger partial charge in [-0.15, -0.1) is 11.3 Å². The fourth-order valence-corrected chi connectivity index (χ4v) is 2.54. The molecule has 1 aromatic heterocycles. The van der Waals surface area contributed by atoms with Crippen LogP contribution in [0.5, 0.6) is 5.75 Å². The molecule has 1 aromatic carbocycles. The van der Waals surface area contributed by atoms with Crippen molar-refractivity contribution >= 4 is 16.9 Å². The van der Waals surface area contributed by atoms with Gasteiger partial charge in [0.05, 0.1) is 13.2 Å². The van der Waals surface area contributed by atoms with Gasteiger partial charge in [0.1, 0.15) is 5.75 Å². The van der Waals surface area contributed by atoms with E-state index >= 15 is 0 Å². The van der Waals surface area contributed by atoms with Crippen LogP contribution in [0.25, 0.3) is 5.57 Å². The Morgan fingerprint density at radius 2 is 2.00 bits per heavy atom. The van der Waals surface area contributed by atoms with E-state index in [4.69, 9.17) is 4.74 Å². The highest BCUT2D eigenvalue weighted by Gasteiger charge is 2.07. The number of benzene rings is 1. The smallest absolute Gasteiger partial charge is 0.118 e. The summed E-state index contributed by atoms with van der Waals surface area (Å²) in [4.78, 5) is 1.15. The highest BCUT2D eigenvalue weighted by Crippen LogP contribution is 2.28. The summed E-state index contributed by atoms with van der Waals surface area (Å²) in [5.74, 6) is 0.835. The summed E-state index contributed by atoms with van der Waals surface area (Å²) >= 11 is 1.67. The van der Waals surface area contributed by atoms with E-state index in [1.54, 1.807) is 25.4 Å². The number of methoxy groups -OCH3 is 1. The van der Waals surface area contributed by atoms with Crippen LogP contribution in [0.1, 0.15) is 17.4 Å². The van der Waals surface area contributed by atoms with Gasteiger partial charge in [-0.25, -0.2) is 0 Å². The lowest BCUT2D eigenvalue weighted by Crippen LogP contribution is -1.96. The van der Waals surface area contributed by atoms with Crippen LogP contribution in [0.3, 0.4) is 0 Å². The molecule has 1 atom stereocenters. The average molecular weight is 260 g/mol. The van der Waals surface area contributed by atoms with Gasteiger partial charge in [0.15, 0.2) is 0 Å². The third kappa shape index (κ3) is 3.00. The summed E-state index contributed by atoms with van der Waals surface area (Å²) in [5, 5.41) is 11.6. The first-order valence-corrected chi connectivity index (χ1v) is 6.67. The highest BCUT2D eigenvalue weighted by molar-refractivity contribution is 7.11. The van der Waals surface area contributed by atoms with E-state index in [1.165, 1.54) is 0 Å². The Hall–Kier alpha value is -1.58. The van der Waals surface area contributed by atoms with Crippen LogP contribution in [-0.4, -0.2) is 18.3 Å². The number of hydrogen-bond acceptors (Lipinski definition) is 3. The molecule has 94 valence electrons. The number of aliphatic hydroxyl groups is 1. The first kappa shape index (κ1) is 12.9. The van der Waals surface area contributed by atoms with E-state index in [-0.39, 0.29) is 0 Å². The first-order valence-electron chi connectivity index (χ1n) is 5.79. The predicted molar refractivity (Wildman–Crippen MR) is 76.1 cm³/mol. The molecule has 0 aliphatic carbocycles. The van der Waals surface area contributed by atoms with Crippen LogP contribution in [0, 0.1) is 0 Å². The van der Waals surface area contributed by atoms with E-state index in [0.29, 0.717) is 0 Å². The van der Waals surface area contributed by atoms with Crippen LogP contribution in [0.15, 0.2) is 47.9 Å². The van der Waals surface area contributed by atoms with Gasteiger partial charge in [0.2, 0.25) is 0 Å². The van der Waals surface area contributed by atoms with Crippen molar-refractivity contribution in [2.75, 3.05) is 7.11 Å². The van der Waals surface area contributed by atoms with Gasteiger partial charge in [0.25, 0.3) is 0 Å². The molecule has 0 radical (unpaired) electrons. The molecule has 2 aromatic rings. The first-order chi connectivity index (χ1) is 8.70. The minimum absolute atomic E-state index is 0.468. The number of aliphatic hydroxyl groups excluding tert-OH is 1. The maximum atomic E-state index is 9.59. The molecule has 0 saturated carbocycles. The lowest BCUT2D eigenvalue weighted by Gasteiger charge is -2.08. The SMILES string of the molecule is COc1ccc(/C(=C\C(C)O)c2cccs2)cc1. The summed E-state index contributed by atoms with van der Waals surface area (Å²) in [6.07, 6.45) is 1.40. The number of thiophene rings is 1. The molecule has 0 fully saturated rings. The maximum Gasteiger partial charge on any atom is 0.118 e. The molecule has 0 spiro atoms. The number of rotatable bonds is 4. The Morgan fingerprint density at radius 1 is 1.28 bits per heavy atom. The van der Waals surface area contributed by atoms with Gasteiger partial charge in [-0.3, -0.25) is 0 Å². The van der Waals surface area contributed by atoms with Crippen molar-refractivity contribution in [1.82, 2.24) is 0 Å². The van der Waals surface area contributed by atoms with Crippen LogP contribution in [-0.2, 0) is 0 Å². The van der Waals surface area contributed by atoms with Crippen LogP contribution in [0.2, 0.25) is 0 Å². The molecule has 2 rings (SSSR count). The molecule has 18 heavy (non-hydrogen) atoms. The molecule has 0 amide bonds. The zero-order chi connectivity index (χ0) is 13.0.